The Morgan fingerprint density at radius 1 is 1.42 bits per heavy atom. The van der Waals surface area contributed by atoms with Gasteiger partial charge in [0.05, 0.1) is 37.7 Å². The van der Waals surface area contributed by atoms with Gasteiger partial charge in [-0.25, -0.2) is 0 Å². The molecule has 1 atom stereocenters. The van der Waals surface area contributed by atoms with E-state index in [1.54, 1.807) is 0 Å². The monoisotopic (exact) mass is 267 g/mol. The molecule has 2 rings (SSSR count). The highest BCUT2D eigenvalue weighted by atomic mass is 16.6. The molecule has 0 aromatic carbocycles. The van der Waals surface area contributed by atoms with Crippen LogP contribution in [0.3, 0.4) is 0 Å². The molecule has 1 saturated heterocycles. The molecule has 0 amide bonds. The molecule has 1 aromatic rings. The molecule has 2 heterocycles. The van der Waals surface area contributed by atoms with E-state index in [0.717, 1.165) is 38.2 Å². The Balaban J connectivity index is 1.73. The molecule has 0 radical (unpaired) electrons. The fraction of sp³-hybridized carbons (Fsp3) is 0.786. The minimum atomic E-state index is 0.176. The van der Waals surface area contributed by atoms with Gasteiger partial charge in [-0.3, -0.25) is 4.68 Å². The molecule has 1 aromatic heterocycles. The van der Waals surface area contributed by atoms with Crippen molar-refractivity contribution in [2.75, 3.05) is 26.4 Å². The van der Waals surface area contributed by atoms with E-state index >= 15 is 0 Å². The highest BCUT2D eigenvalue weighted by molar-refractivity contribution is 4.99. The van der Waals surface area contributed by atoms with E-state index in [0.29, 0.717) is 19.3 Å². The van der Waals surface area contributed by atoms with E-state index in [1.165, 1.54) is 0 Å². The molecule has 5 nitrogen and oxygen atoms in total. The van der Waals surface area contributed by atoms with E-state index in [2.05, 4.69) is 41.2 Å². The van der Waals surface area contributed by atoms with Gasteiger partial charge in [0.15, 0.2) is 0 Å². The lowest BCUT2D eigenvalue weighted by Gasteiger charge is -2.22. The maximum atomic E-state index is 5.58. The first-order valence-corrected chi connectivity index (χ1v) is 7.27. The predicted octanol–water partition coefficient (Wildman–Crippen LogP) is 1.75. The van der Waals surface area contributed by atoms with Crippen molar-refractivity contribution in [1.82, 2.24) is 15.1 Å². The van der Waals surface area contributed by atoms with Crippen molar-refractivity contribution in [2.24, 2.45) is 0 Å². The average molecular weight is 267 g/mol. The van der Waals surface area contributed by atoms with Crippen LogP contribution in [0.1, 0.15) is 38.4 Å². The molecule has 1 unspecified atom stereocenters. The van der Waals surface area contributed by atoms with Crippen molar-refractivity contribution in [2.45, 2.75) is 45.4 Å². The summed E-state index contributed by atoms with van der Waals surface area (Å²) in [6, 6.07) is 2.60. The number of ether oxygens (including phenoxy) is 2. The largest absolute Gasteiger partial charge is 0.376 e. The Morgan fingerprint density at radius 2 is 2.26 bits per heavy atom. The van der Waals surface area contributed by atoms with E-state index in [9.17, 15) is 0 Å². The van der Waals surface area contributed by atoms with E-state index in [4.69, 9.17) is 9.47 Å². The van der Waals surface area contributed by atoms with Gasteiger partial charge in [-0.15, -0.1) is 0 Å². The summed E-state index contributed by atoms with van der Waals surface area (Å²) in [4.78, 5) is 0. The fourth-order valence-electron chi connectivity index (χ4n) is 2.35. The van der Waals surface area contributed by atoms with Crippen LogP contribution in [-0.2, 0) is 16.0 Å². The van der Waals surface area contributed by atoms with Gasteiger partial charge in [0.1, 0.15) is 0 Å². The Hall–Kier alpha value is -0.910. The van der Waals surface area contributed by atoms with Gasteiger partial charge >= 0.3 is 0 Å². The number of nitrogens with one attached hydrogen (secondary N) is 1. The molecule has 1 fully saturated rings. The van der Waals surface area contributed by atoms with Crippen LogP contribution in [0.4, 0.5) is 0 Å². The van der Waals surface area contributed by atoms with Crippen LogP contribution >= 0.6 is 0 Å². The first-order valence-electron chi connectivity index (χ1n) is 7.27. The van der Waals surface area contributed by atoms with Gasteiger partial charge in [0, 0.05) is 19.3 Å². The normalized spacial score (nSPS) is 20.1. The molecule has 0 aliphatic carbocycles. The third-order valence-electron chi connectivity index (χ3n) is 3.54. The lowest BCUT2D eigenvalue weighted by Crippen LogP contribution is -2.37. The zero-order chi connectivity index (χ0) is 13.5. The Morgan fingerprint density at radius 3 is 2.95 bits per heavy atom. The minimum absolute atomic E-state index is 0.176. The molecular weight excluding hydrogens is 242 g/mol. The van der Waals surface area contributed by atoms with Crippen molar-refractivity contribution in [3.8, 4) is 0 Å². The summed E-state index contributed by atoms with van der Waals surface area (Å²) in [7, 11) is 0. The standard InChI is InChI=1S/C14H25N3O2/c1-3-13(4-2)17-6-5-12(16-17)9-15-10-14-11-18-7-8-19-14/h5-6,13-15H,3-4,7-11H2,1-2H3. The summed E-state index contributed by atoms with van der Waals surface area (Å²) in [6.07, 6.45) is 4.50. The van der Waals surface area contributed by atoms with E-state index < -0.39 is 0 Å². The van der Waals surface area contributed by atoms with E-state index in [-0.39, 0.29) is 6.10 Å². The number of hydrogen-bond donors (Lipinski definition) is 1. The van der Waals surface area contributed by atoms with Crippen LogP contribution in [-0.4, -0.2) is 42.2 Å². The summed E-state index contributed by atoms with van der Waals surface area (Å²) in [5.74, 6) is 0. The van der Waals surface area contributed by atoms with Gasteiger partial charge < -0.3 is 14.8 Å². The summed E-state index contributed by atoms with van der Waals surface area (Å²) < 4.78 is 13.0. The lowest BCUT2D eigenvalue weighted by molar-refractivity contribution is -0.0864. The quantitative estimate of drug-likeness (QED) is 0.817. The van der Waals surface area contributed by atoms with Gasteiger partial charge in [-0.05, 0) is 18.9 Å². The second-order valence-electron chi connectivity index (χ2n) is 4.96. The Kier molecular flexibility index (Phi) is 5.82. The highest BCUT2D eigenvalue weighted by Gasteiger charge is 2.14. The van der Waals surface area contributed by atoms with Crippen LogP contribution in [0.2, 0.25) is 0 Å². The van der Waals surface area contributed by atoms with Crippen molar-refractivity contribution in [3.05, 3.63) is 18.0 Å². The van der Waals surface area contributed by atoms with Crippen LogP contribution in [0, 0.1) is 0 Å². The van der Waals surface area contributed by atoms with Crippen LogP contribution < -0.4 is 5.32 Å². The second-order valence-corrected chi connectivity index (χ2v) is 4.96. The number of aromatic nitrogens is 2. The summed E-state index contributed by atoms with van der Waals surface area (Å²) in [5.41, 5.74) is 1.09. The molecule has 0 saturated carbocycles. The lowest BCUT2D eigenvalue weighted by atomic mass is 10.2. The van der Waals surface area contributed by atoms with Crippen molar-refractivity contribution in [1.29, 1.82) is 0 Å². The van der Waals surface area contributed by atoms with Crippen molar-refractivity contribution < 1.29 is 9.47 Å². The van der Waals surface area contributed by atoms with Crippen LogP contribution in [0.25, 0.3) is 0 Å². The zero-order valence-corrected chi connectivity index (χ0v) is 12.0. The molecule has 0 spiro atoms. The van der Waals surface area contributed by atoms with Crippen LogP contribution in [0.15, 0.2) is 12.3 Å². The first kappa shape index (κ1) is 14.5. The van der Waals surface area contributed by atoms with Crippen molar-refractivity contribution >= 4 is 0 Å². The molecule has 1 aliphatic rings. The molecular formula is C14H25N3O2. The molecule has 108 valence electrons. The molecule has 1 N–H and O–H groups in total. The zero-order valence-electron chi connectivity index (χ0n) is 12.0. The SMILES string of the molecule is CCC(CC)n1ccc(CNCC2COCCO2)n1. The summed E-state index contributed by atoms with van der Waals surface area (Å²) >= 11 is 0. The van der Waals surface area contributed by atoms with Gasteiger partial charge in [0.2, 0.25) is 0 Å². The van der Waals surface area contributed by atoms with Gasteiger partial charge in [-0.2, -0.15) is 5.10 Å². The fourth-order valence-corrected chi connectivity index (χ4v) is 2.35. The smallest absolute Gasteiger partial charge is 0.0933 e. The minimum Gasteiger partial charge on any atom is -0.376 e. The van der Waals surface area contributed by atoms with Gasteiger partial charge in [-0.1, -0.05) is 13.8 Å². The number of hydrogen-bond acceptors (Lipinski definition) is 4. The molecule has 5 heteroatoms. The van der Waals surface area contributed by atoms with Crippen molar-refractivity contribution in [3.63, 3.8) is 0 Å². The molecule has 1 aliphatic heterocycles. The first-order chi connectivity index (χ1) is 9.33. The average Bonchev–Trinajstić information content (AvgIpc) is 2.90. The van der Waals surface area contributed by atoms with Crippen LogP contribution in [0.5, 0.6) is 0 Å². The maximum Gasteiger partial charge on any atom is 0.0933 e. The maximum absolute atomic E-state index is 5.58. The number of nitrogens with zero attached hydrogens (tertiary/aromatic N) is 2. The molecule has 19 heavy (non-hydrogen) atoms. The topological polar surface area (TPSA) is 48.3 Å². The van der Waals surface area contributed by atoms with Gasteiger partial charge in [0.25, 0.3) is 0 Å². The third-order valence-corrected chi connectivity index (χ3v) is 3.54. The highest BCUT2D eigenvalue weighted by Crippen LogP contribution is 2.14. The summed E-state index contributed by atoms with van der Waals surface area (Å²) in [5, 5.41) is 8.00. The molecule has 0 bridgehead atoms. The Bertz CT molecular complexity index is 357. The Labute approximate surface area is 115 Å². The summed E-state index contributed by atoms with van der Waals surface area (Å²) in [6.45, 7) is 8.12. The number of rotatable bonds is 7. The second kappa shape index (κ2) is 7.62. The third kappa shape index (κ3) is 4.30. The van der Waals surface area contributed by atoms with E-state index in [1.807, 2.05) is 0 Å². The predicted molar refractivity (Wildman–Crippen MR) is 74.1 cm³/mol.